The van der Waals surface area contributed by atoms with Gasteiger partial charge in [-0.05, 0) is 63.6 Å². The number of carboxylic acids is 1. The fraction of sp³-hybridized carbons (Fsp3) is 0.414. The van der Waals surface area contributed by atoms with E-state index in [1.165, 1.54) is 6.07 Å². The Hall–Kier alpha value is -3.27. The van der Waals surface area contributed by atoms with Crippen LogP contribution in [0.1, 0.15) is 54.9 Å². The van der Waals surface area contributed by atoms with Crippen molar-refractivity contribution in [3.05, 3.63) is 81.8 Å². The number of aliphatic carboxylic acids is 1. The molecule has 2 fully saturated rings. The Balaban J connectivity index is 1.19. The number of piperidine rings is 1. The minimum atomic E-state index is -0.938. The number of nitrogens with zero attached hydrogens (tertiary/aromatic N) is 4. The van der Waals surface area contributed by atoms with E-state index >= 15 is 0 Å². The minimum absolute atomic E-state index is 0.0829. The van der Waals surface area contributed by atoms with Gasteiger partial charge in [-0.25, -0.2) is 19.2 Å². The average Bonchev–Trinajstić information content (AvgIpc) is 3.26. The van der Waals surface area contributed by atoms with Gasteiger partial charge < -0.3 is 19.1 Å². The minimum Gasteiger partial charge on any atom is -0.478 e. The van der Waals surface area contributed by atoms with Gasteiger partial charge in [-0.15, -0.1) is 0 Å². The Morgan fingerprint density at radius 1 is 1.26 bits per heavy atom. The van der Waals surface area contributed by atoms with Gasteiger partial charge in [-0.2, -0.15) is 0 Å². The summed E-state index contributed by atoms with van der Waals surface area (Å²) in [5.41, 5.74) is 2.47. The first-order valence-corrected chi connectivity index (χ1v) is 13.6. The maximum atomic E-state index is 14.1. The molecule has 1 atom stereocenters. The highest BCUT2D eigenvalue weighted by Crippen LogP contribution is 2.29. The van der Waals surface area contributed by atoms with Gasteiger partial charge in [-0.3, -0.25) is 4.90 Å². The number of hydrogen-bond acceptors (Lipinski definition) is 6. The summed E-state index contributed by atoms with van der Waals surface area (Å²) in [6.07, 6.45) is 6.44. The Morgan fingerprint density at radius 3 is 2.74 bits per heavy atom. The molecule has 0 unspecified atom stereocenters. The first-order valence-electron chi connectivity index (χ1n) is 13.2. The topological polar surface area (TPSA) is 89.7 Å². The molecule has 0 saturated carbocycles. The van der Waals surface area contributed by atoms with Gasteiger partial charge in [0.15, 0.2) is 0 Å². The summed E-state index contributed by atoms with van der Waals surface area (Å²) in [5, 5.41) is 9.67. The van der Waals surface area contributed by atoms with Crippen LogP contribution in [0.5, 0.6) is 5.88 Å². The number of ether oxygens (including phenoxy) is 2. The summed E-state index contributed by atoms with van der Waals surface area (Å²) in [7, 11) is 0. The van der Waals surface area contributed by atoms with Crippen molar-refractivity contribution in [1.82, 2.24) is 19.4 Å². The van der Waals surface area contributed by atoms with E-state index in [0.29, 0.717) is 35.5 Å². The number of pyridine rings is 1. The van der Waals surface area contributed by atoms with Gasteiger partial charge in [0.05, 0.1) is 31.1 Å². The van der Waals surface area contributed by atoms with Crippen LogP contribution < -0.4 is 4.74 Å². The third kappa shape index (κ3) is 6.84. The van der Waals surface area contributed by atoms with Crippen LogP contribution in [0.2, 0.25) is 5.02 Å². The van der Waals surface area contributed by atoms with Crippen molar-refractivity contribution >= 4 is 23.6 Å². The zero-order chi connectivity index (χ0) is 27.4. The molecule has 0 radical (unpaired) electrons. The van der Waals surface area contributed by atoms with Gasteiger partial charge in [0.2, 0.25) is 5.88 Å². The molecule has 2 aliphatic rings. The van der Waals surface area contributed by atoms with E-state index in [9.17, 15) is 14.3 Å². The number of aromatic nitrogens is 3. The van der Waals surface area contributed by atoms with E-state index in [4.69, 9.17) is 26.1 Å². The predicted octanol–water partition coefficient (Wildman–Crippen LogP) is 5.31. The predicted molar refractivity (Wildman–Crippen MR) is 145 cm³/mol. The summed E-state index contributed by atoms with van der Waals surface area (Å²) in [4.78, 5) is 23.1. The van der Waals surface area contributed by atoms with E-state index in [1.54, 1.807) is 37.4 Å². The average molecular weight is 555 g/mol. The van der Waals surface area contributed by atoms with Crippen molar-refractivity contribution < 1.29 is 23.8 Å². The number of likely N-dealkylation sites (tertiary alicyclic amines) is 1. The number of carbonyl (C=O) groups is 1. The van der Waals surface area contributed by atoms with Crippen molar-refractivity contribution in [3.63, 3.8) is 0 Å². The molecule has 10 heteroatoms. The van der Waals surface area contributed by atoms with Crippen LogP contribution in [0.15, 0.2) is 48.2 Å². The van der Waals surface area contributed by atoms with Crippen molar-refractivity contribution in [1.29, 1.82) is 0 Å². The zero-order valence-electron chi connectivity index (χ0n) is 21.9. The quantitative estimate of drug-likeness (QED) is 0.340. The molecular weight excluding hydrogens is 523 g/mol. The number of hydrogen-bond donors (Lipinski definition) is 1. The zero-order valence-corrected chi connectivity index (χ0v) is 22.6. The summed E-state index contributed by atoms with van der Waals surface area (Å²) in [6, 6.07) is 10.3. The maximum absolute atomic E-state index is 14.1. The second-order valence-electron chi connectivity index (χ2n) is 10.1. The molecule has 4 heterocycles. The van der Waals surface area contributed by atoms with Crippen LogP contribution in [-0.4, -0.2) is 56.3 Å². The van der Waals surface area contributed by atoms with Crippen LogP contribution >= 0.6 is 11.6 Å². The second-order valence-corrected chi connectivity index (χ2v) is 10.5. The van der Waals surface area contributed by atoms with Crippen molar-refractivity contribution in [2.45, 2.75) is 57.9 Å². The van der Waals surface area contributed by atoms with Crippen LogP contribution in [0.3, 0.4) is 0 Å². The molecule has 2 saturated heterocycles. The standard InChI is InChI=1S/C29H32ClFN4O4/c1-19(29(36)37)13-23-15-32-27(35(23)16-24-9-12-38-24)17-34-10-7-20(8-11-34)26-3-2-4-28(33-26)39-18-21-5-6-22(30)14-25(21)31/h2-6,13-15,20,24H,7-12,16-18H2,1H3,(H,36,37)/b19-13+/t24-/m0/s1. The molecule has 1 N–H and O–H groups in total. The van der Waals surface area contributed by atoms with Crippen molar-refractivity contribution in [2.75, 3.05) is 19.7 Å². The van der Waals surface area contributed by atoms with Crippen LogP contribution in [-0.2, 0) is 29.2 Å². The first-order chi connectivity index (χ1) is 18.9. The number of imidazole rings is 1. The lowest BCUT2D eigenvalue weighted by atomic mass is 9.93. The Morgan fingerprint density at radius 2 is 2.05 bits per heavy atom. The number of rotatable bonds is 10. The normalized spacial score (nSPS) is 18.6. The largest absolute Gasteiger partial charge is 0.478 e. The maximum Gasteiger partial charge on any atom is 0.331 e. The number of halogens is 2. The molecular formula is C29H32ClFN4O4. The highest BCUT2D eigenvalue weighted by atomic mass is 35.5. The highest BCUT2D eigenvalue weighted by Gasteiger charge is 2.25. The lowest BCUT2D eigenvalue weighted by Gasteiger charge is -2.32. The highest BCUT2D eigenvalue weighted by molar-refractivity contribution is 6.30. The fourth-order valence-electron chi connectivity index (χ4n) is 4.91. The lowest BCUT2D eigenvalue weighted by Crippen LogP contribution is -2.35. The van der Waals surface area contributed by atoms with Crippen molar-refractivity contribution in [3.8, 4) is 5.88 Å². The molecule has 0 aliphatic carbocycles. The summed E-state index contributed by atoms with van der Waals surface area (Å²) in [6.45, 7) is 5.57. The molecule has 39 heavy (non-hydrogen) atoms. The molecule has 0 bridgehead atoms. The fourth-order valence-corrected chi connectivity index (χ4v) is 5.07. The molecule has 0 amide bonds. The third-order valence-electron chi connectivity index (χ3n) is 7.36. The molecule has 3 aromatic rings. The smallest absolute Gasteiger partial charge is 0.331 e. The van der Waals surface area contributed by atoms with Crippen LogP contribution in [0, 0.1) is 5.82 Å². The van der Waals surface area contributed by atoms with Crippen molar-refractivity contribution in [2.24, 2.45) is 0 Å². The molecule has 0 spiro atoms. The second kappa shape index (κ2) is 12.3. The van der Waals surface area contributed by atoms with E-state index in [0.717, 1.165) is 56.2 Å². The SMILES string of the molecule is C/C(=C\c1cnc(CN2CCC(c3cccc(OCc4ccc(Cl)cc4F)n3)CC2)n1C[C@@H]1CCO1)C(=O)O. The number of benzene rings is 1. The Labute approximate surface area is 232 Å². The van der Waals surface area contributed by atoms with Gasteiger partial charge >= 0.3 is 5.97 Å². The summed E-state index contributed by atoms with van der Waals surface area (Å²) in [5.74, 6) is 0.355. The summed E-state index contributed by atoms with van der Waals surface area (Å²) < 4.78 is 27.6. The lowest BCUT2D eigenvalue weighted by molar-refractivity contribution is -0.132. The Bertz CT molecular complexity index is 1350. The molecule has 206 valence electrons. The third-order valence-corrected chi connectivity index (χ3v) is 7.59. The van der Waals surface area contributed by atoms with Gasteiger partial charge in [0.1, 0.15) is 18.2 Å². The molecule has 2 aliphatic heterocycles. The number of carboxylic acid groups (broad SMARTS) is 1. The molecule has 8 nitrogen and oxygen atoms in total. The van der Waals surface area contributed by atoms with Crippen LogP contribution in [0.25, 0.3) is 6.08 Å². The molecule has 2 aromatic heterocycles. The first kappa shape index (κ1) is 27.3. The van der Waals surface area contributed by atoms with E-state index in [-0.39, 0.29) is 18.3 Å². The van der Waals surface area contributed by atoms with Gasteiger partial charge in [0, 0.05) is 40.4 Å². The van der Waals surface area contributed by atoms with Gasteiger partial charge in [0.25, 0.3) is 0 Å². The summed E-state index contributed by atoms with van der Waals surface area (Å²) >= 11 is 5.83. The van der Waals surface area contributed by atoms with Crippen LogP contribution in [0.4, 0.5) is 4.39 Å². The Kier molecular flexibility index (Phi) is 8.60. The molecule has 1 aromatic carbocycles. The van der Waals surface area contributed by atoms with E-state index < -0.39 is 11.8 Å². The van der Waals surface area contributed by atoms with Gasteiger partial charge in [-0.1, -0.05) is 23.7 Å². The molecule has 5 rings (SSSR count). The van der Waals surface area contributed by atoms with E-state index in [1.807, 2.05) is 12.1 Å². The van der Waals surface area contributed by atoms with E-state index in [2.05, 4.69) is 14.5 Å². The monoisotopic (exact) mass is 554 g/mol.